The first-order chi connectivity index (χ1) is 9.13. The zero-order valence-corrected chi connectivity index (χ0v) is 12.5. The van der Waals surface area contributed by atoms with E-state index in [9.17, 15) is 4.79 Å². The summed E-state index contributed by atoms with van der Waals surface area (Å²) < 4.78 is 5.41. The summed E-state index contributed by atoms with van der Waals surface area (Å²) >= 11 is 0. The summed E-state index contributed by atoms with van der Waals surface area (Å²) in [5.74, 6) is 0.114. The van der Waals surface area contributed by atoms with Crippen LogP contribution in [0.2, 0.25) is 0 Å². The lowest BCUT2D eigenvalue weighted by Gasteiger charge is -2.41. The molecule has 0 radical (unpaired) electrons. The number of carbonyl (C=O) groups is 1. The number of carbonyl (C=O) groups excluding carboxylic acids is 1. The molecule has 5 nitrogen and oxygen atoms in total. The maximum atomic E-state index is 12.1. The van der Waals surface area contributed by atoms with Crippen molar-refractivity contribution in [2.45, 2.75) is 57.7 Å². The van der Waals surface area contributed by atoms with Crippen molar-refractivity contribution in [3.63, 3.8) is 0 Å². The Morgan fingerprint density at radius 3 is 2.89 bits per heavy atom. The highest BCUT2D eigenvalue weighted by molar-refractivity contribution is 5.81. The van der Waals surface area contributed by atoms with E-state index in [-0.39, 0.29) is 24.1 Å². The number of ether oxygens (including phenoxy) is 1. The molecule has 1 aliphatic rings. The minimum atomic E-state index is -0.108. The summed E-state index contributed by atoms with van der Waals surface area (Å²) in [6, 6.07) is 0.133. The maximum absolute atomic E-state index is 12.1. The topological polar surface area (TPSA) is 67.6 Å². The smallest absolute Gasteiger partial charge is 0.237 e. The number of nitrogens with one attached hydrogen (secondary N) is 1. The number of amides is 1. The average molecular weight is 271 g/mol. The normalized spacial score (nSPS) is 26.1. The largest absolute Gasteiger partial charge is 0.381 e. The molecule has 3 unspecified atom stereocenters. The van der Waals surface area contributed by atoms with Gasteiger partial charge in [-0.25, -0.2) is 0 Å². The second-order valence-electron chi connectivity index (χ2n) is 5.33. The first-order valence-electron chi connectivity index (χ1n) is 7.40. The minimum Gasteiger partial charge on any atom is -0.381 e. The third-order valence-corrected chi connectivity index (χ3v) is 4.03. The Kier molecular flexibility index (Phi) is 7.34. The zero-order chi connectivity index (χ0) is 14.3. The Labute approximate surface area is 116 Å². The van der Waals surface area contributed by atoms with Crippen LogP contribution >= 0.6 is 0 Å². The van der Waals surface area contributed by atoms with Crippen LogP contribution in [0.1, 0.15) is 39.5 Å². The molecule has 1 amide bonds. The fourth-order valence-electron chi connectivity index (χ4n) is 2.67. The number of hydrogen-bond acceptors (Lipinski definition) is 4. The number of unbranched alkanes of at least 4 members (excludes halogenated alkanes) is 1. The Hall–Kier alpha value is -0.650. The van der Waals surface area contributed by atoms with Gasteiger partial charge in [0, 0.05) is 32.8 Å². The average Bonchev–Trinajstić information content (AvgIpc) is 2.45. The Balaban J connectivity index is 2.49. The summed E-state index contributed by atoms with van der Waals surface area (Å²) in [6.07, 6.45) is 4.29. The molecule has 0 spiro atoms. The second-order valence-corrected chi connectivity index (χ2v) is 5.33. The van der Waals surface area contributed by atoms with Crippen molar-refractivity contribution in [1.29, 1.82) is 0 Å². The molecule has 0 aromatic rings. The third-order valence-electron chi connectivity index (χ3n) is 4.03. The van der Waals surface area contributed by atoms with E-state index in [1.807, 2.05) is 6.92 Å². The van der Waals surface area contributed by atoms with Gasteiger partial charge in [0.1, 0.15) is 0 Å². The minimum absolute atomic E-state index is 0.108. The number of likely N-dealkylation sites (tertiary alicyclic amines) is 1. The molecule has 1 aliphatic heterocycles. The lowest BCUT2D eigenvalue weighted by atomic mass is 9.97. The van der Waals surface area contributed by atoms with Gasteiger partial charge in [-0.3, -0.25) is 9.69 Å². The van der Waals surface area contributed by atoms with Crippen molar-refractivity contribution in [3.8, 4) is 0 Å². The lowest BCUT2D eigenvalue weighted by molar-refractivity contribution is -0.128. The fourth-order valence-corrected chi connectivity index (χ4v) is 2.67. The lowest BCUT2D eigenvalue weighted by Crippen LogP contribution is -2.56. The Morgan fingerprint density at radius 1 is 1.58 bits per heavy atom. The highest BCUT2D eigenvalue weighted by atomic mass is 16.5. The molecule has 0 bridgehead atoms. The third kappa shape index (κ3) is 4.75. The number of methoxy groups -OCH3 is 1. The highest BCUT2D eigenvalue weighted by Crippen LogP contribution is 2.21. The van der Waals surface area contributed by atoms with Gasteiger partial charge in [0.25, 0.3) is 0 Å². The van der Waals surface area contributed by atoms with Gasteiger partial charge in [-0.1, -0.05) is 13.3 Å². The Bertz CT molecular complexity index is 273. The number of nitrogens with two attached hydrogens (primary N) is 1. The van der Waals surface area contributed by atoms with Gasteiger partial charge in [0.15, 0.2) is 0 Å². The summed E-state index contributed by atoms with van der Waals surface area (Å²) in [6.45, 7) is 6.31. The van der Waals surface area contributed by atoms with Gasteiger partial charge in [0.2, 0.25) is 5.91 Å². The summed E-state index contributed by atoms with van der Waals surface area (Å²) in [7, 11) is 1.74. The zero-order valence-electron chi connectivity index (χ0n) is 12.5. The van der Waals surface area contributed by atoms with Crippen molar-refractivity contribution in [3.05, 3.63) is 0 Å². The van der Waals surface area contributed by atoms with Gasteiger partial charge in [-0.2, -0.15) is 0 Å². The number of piperidine rings is 1. The molecule has 0 aliphatic carbocycles. The van der Waals surface area contributed by atoms with Gasteiger partial charge in [0.05, 0.1) is 12.1 Å². The van der Waals surface area contributed by atoms with E-state index in [1.54, 1.807) is 7.11 Å². The van der Waals surface area contributed by atoms with Crippen LogP contribution in [-0.4, -0.2) is 55.7 Å². The number of hydrogen-bond donors (Lipinski definition) is 2. The van der Waals surface area contributed by atoms with Crippen LogP contribution in [0, 0.1) is 0 Å². The van der Waals surface area contributed by atoms with Gasteiger partial charge >= 0.3 is 0 Å². The molecule has 0 aromatic carbocycles. The van der Waals surface area contributed by atoms with Crippen molar-refractivity contribution in [1.82, 2.24) is 10.2 Å². The first-order valence-corrected chi connectivity index (χ1v) is 7.40. The number of rotatable bonds is 7. The van der Waals surface area contributed by atoms with Gasteiger partial charge in [-0.15, -0.1) is 0 Å². The van der Waals surface area contributed by atoms with Crippen LogP contribution < -0.4 is 11.1 Å². The summed E-state index contributed by atoms with van der Waals surface area (Å²) in [5, 5.41) is 3.00. The molecule has 3 atom stereocenters. The highest BCUT2D eigenvalue weighted by Gasteiger charge is 2.33. The van der Waals surface area contributed by atoms with E-state index in [4.69, 9.17) is 10.5 Å². The standard InChI is InChI=1S/C14H29N3O2/c1-4-5-7-16-14(18)11(2)17-8-6-13(19-3)9-12(17)10-15/h11-13H,4-10,15H2,1-3H3,(H,16,18). The molecular weight excluding hydrogens is 242 g/mol. The predicted octanol–water partition coefficient (Wildman–Crippen LogP) is 0.729. The molecule has 5 heteroatoms. The van der Waals surface area contributed by atoms with E-state index in [2.05, 4.69) is 17.1 Å². The molecule has 19 heavy (non-hydrogen) atoms. The van der Waals surface area contributed by atoms with Gasteiger partial charge in [-0.05, 0) is 26.2 Å². The summed E-state index contributed by atoms with van der Waals surface area (Å²) in [4.78, 5) is 14.3. The summed E-state index contributed by atoms with van der Waals surface area (Å²) in [5.41, 5.74) is 5.84. The van der Waals surface area contributed by atoms with E-state index in [1.165, 1.54) is 0 Å². The van der Waals surface area contributed by atoms with E-state index >= 15 is 0 Å². The van der Waals surface area contributed by atoms with E-state index in [0.717, 1.165) is 38.8 Å². The molecule has 1 fully saturated rings. The maximum Gasteiger partial charge on any atom is 0.237 e. The molecule has 1 heterocycles. The van der Waals surface area contributed by atoms with Crippen LogP contribution in [0.15, 0.2) is 0 Å². The first kappa shape index (κ1) is 16.4. The monoisotopic (exact) mass is 271 g/mol. The molecule has 0 saturated carbocycles. The molecule has 3 N–H and O–H groups in total. The quantitative estimate of drug-likeness (QED) is 0.670. The van der Waals surface area contributed by atoms with Crippen LogP contribution in [0.4, 0.5) is 0 Å². The van der Waals surface area contributed by atoms with Crippen LogP contribution in [0.25, 0.3) is 0 Å². The molecular formula is C14H29N3O2. The van der Waals surface area contributed by atoms with Gasteiger partial charge < -0.3 is 15.8 Å². The van der Waals surface area contributed by atoms with Crippen molar-refractivity contribution in [2.75, 3.05) is 26.7 Å². The van der Waals surface area contributed by atoms with E-state index in [0.29, 0.717) is 6.54 Å². The van der Waals surface area contributed by atoms with Crippen molar-refractivity contribution < 1.29 is 9.53 Å². The van der Waals surface area contributed by atoms with E-state index < -0.39 is 0 Å². The van der Waals surface area contributed by atoms with Crippen LogP contribution in [0.5, 0.6) is 0 Å². The molecule has 1 saturated heterocycles. The molecule has 1 rings (SSSR count). The predicted molar refractivity (Wildman–Crippen MR) is 77.0 cm³/mol. The van der Waals surface area contributed by atoms with Crippen LogP contribution in [0.3, 0.4) is 0 Å². The fraction of sp³-hybridized carbons (Fsp3) is 0.929. The Morgan fingerprint density at radius 2 is 2.32 bits per heavy atom. The molecule has 112 valence electrons. The van der Waals surface area contributed by atoms with Crippen LogP contribution in [-0.2, 0) is 9.53 Å². The molecule has 0 aromatic heterocycles. The second kappa shape index (κ2) is 8.51. The van der Waals surface area contributed by atoms with Crippen molar-refractivity contribution in [2.24, 2.45) is 5.73 Å². The van der Waals surface area contributed by atoms with Crippen molar-refractivity contribution >= 4 is 5.91 Å². The number of nitrogens with zero attached hydrogens (tertiary/aromatic N) is 1. The SMILES string of the molecule is CCCCNC(=O)C(C)N1CCC(OC)CC1CN.